The Morgan fingerprint density at radius 2 is 1.86 bits per heavy atom. The number of nitrogens with one attached hydrogen (secondary N) is 3. The van der Waals surface area contributed by atoms with Crippen LogP contribution in [0.5, 0.6) is 0 Å². The van der Waals surface area contributed by atoms with Gasteiger partial charge in [-0.1, -0.05) is 16.4 Å². The summed E-state index contributed by atoms with van der Waals surface area (Å²) in [4.78, 5) is 38.3. The van der Waals surface area contributed by atoms with Crippen LogP contribution in [0.3, 0.4) is 0 Å². The fourth-order valence-electron chi connectivity index (χ4n) is 3.81. The first-order valence-corrected chi connectivity index (χ1v) is 11.6. The lowest BCUT2D eigenvalue weighted by Gasteiger charge is -2.36. The summed E-state index contributed by atoms with van der Waals surface area (Å²) in [5, 5.41) is 15.6. The molecule has 196 valence electrons. The number of piperazine rings is 1. The number of carbonyl (C=O) groups is 3. The number of nitrogens with zero attached hydrogens (tertiary/aromatic N) is 4. The lowest BCUT2D eigenvalue weighted by Crippen LogP contribution is -2.51. The third-order valence-electron chi connectivity index (χ3n) is 5.75. The molecule has 1 aliphatic heterocycles. The normalized spacial score (nSPS) is 13.3. The van der Waals surface area contributed by atoms with E-state index in [1.807, 2.05) is 4.90 Å². The van der Waals surface area contributed by atoms with Crippen molar-refractivity contribution in [1.82, 2.24) is 25.8 Å². The van der Waals surface area contributed by atoms with Crippen LogP contribution in [0.15, 0.2) is 45.6 Å². The molecule has 1 aliphatic rings. The molecule has 0 aliphatic carbocycles. The Hall–Kier alpha value is -4.62. The van der Waals surface area contributed by atoms with Gasteiger partial charge in [0.2, 0.25) is 11.8 Å². The van der Waals surface area contributed by atoms with E-state index < -0.39 is 11.8 Å². The second-order valence-electron chi connectivity index (χ2n) is 8.27. The third kappa shape index (κ3) is 6.96. The molecule has 1 fully saturated rings. The molecule has 37 heavy (non-hydrogen) atoms. The van der Waals surface area contributed by atoms with E-state index in [1.165, 1.54) is 12.3 Å². The van der Waals surface area contributed by atoms with Gasteiger partial charge in [-0.2, -0.15) is 0 Å². The molecule has 4 amide bonds. The zero-order chi connectivity index (χ0) is 26.2. The van der Waals surface area contributed by atoms with E-state index in [0.29, 0.717) is 61.2 Å². The quantitative estimate of drug-likeness (QED) is 0.307. The molecular weight excluding hydrogens is 487 g/mol. The van der Waals surface area contributed by atoms with Crippen molar-refractivity contribution in [3.05, 3.63) is 48.2 Å². The van der Waals surface area contributed by atoms with Crippen molar-refractivity contribution < 1.29 is 27.8 Å². The van der Waals surface area contributed by atoms with Crippen molar-refractivity contribution in [3.8, 4) is 11.3 Å². The number of hydrogen-bond donors (Lipinski definition) is 4. The lowest BCUT2D eigenvalue weighted by molar-refractivity contribution is -0.133. The summed E-state index contributed by atoms with van der Waals surface area (Å²) >= 11 is 0. The number of nitrogens with two attached hydrogens (primary N) is 1. The van der Waals surface area contributed by atoms with Crippen molar-refractivity contribution in [1.29, 1.82) is 0 Å². The van der Waals surface area contributed by atoms with Crippen molar-refractivity contribution >= 4 is 29.4 Å². The average molecular weight is 515 g/mol. The van der Waals surface area contributed by atoms with Gasteiger partial charge in [0.1, 0.15) is 17.8 Å². The highest BCUT2D eigenvalue weighted by Crippen LogP contribution is 2.27. The number of hydrogen-bond acceptors (Lipinski definition) is 9. The van der Waals surface area contributed by atoms with Gasteiger partial charge in [-0.3, -0.25) is 9.59 Å². The predicted octanol–water partition coefficient (Wildman–Crippen LogP) is 0.904. The zero-order valence-electron chi connectivity index (χ0n) is 19.9. The summed E-state index contributed by atoms with van der Waals surface area (Å²) in [6.07, 6.45) is 1.47. The van der Waals surface area contributed by atoms with E-state index in [4.69, 9.17) is 14.8 Å². The maximum Gasteiger partial charge on any atom is 0.312 e. The number of anilines is 2. The Labute approximate surface area is 211 Å². The van der Waals surface area contributed by atoms with Crippen LogP contribution in [0.1, 0.15) is 12.2 Å². The topological polar surface area (TPSA) is 172 Å². The van der Waals surface area contributed by atoms with Crippen LogP contribution in [0.25, 0.3) is 11.3 Å². The number of carbonyl (C=O) groups excluding carboxylic acids is 3. The second kappa shape index (κ2) is 11.9. The summed E-state index contributed by atoms with van der Waals surface area (Å²) in [7, 11) is 0. The van der Waals surface area contributed by atoms with E-state index in [1.54, 1.807) is 29.2 Å². The van der Waals surface area contributed by atoms with Crippen LogP contribution >= 0.6 is 0 Å². The molecule has 13 nitrogen and oxygen atoms in total. The number of halogens is 1. The van der Waals surface area contributed by atoms with Crippen molar-refractivity contribution in [2.45, 2.75) is 13.0 Å². The summed E-state index contributed by atoms with van der Waals surface area (Å²) < 4.78 is 25.1. The number of urea groups is 1. The van der Waals surface area contributed by atoms with E-state index in [-0.39, 0.29) is 31.3 Å². The molecule has 1 aromatic carbocycles. The number of benzene rings is 1. The molecule has 0 unspecified atom stereocenters. The van der Waals surface area contributed by atoms with Crippen molar-refractivity contribution in [3.63, 3.8) is 0 Å². The minimum atomic E-state index is -0.715. The molecule has 0 atom stereocenters. The van der Waals surface area contributed by atoms with Gasteiger partial charge >= 0.3 is 6.03 Å². The molecule has 3 aromatic rings. The van der Waals surface area contributed by atoms with Crippen molar-refractivity contribution in [2.24, 2.45) is 5.73 Å². The first-order chi connectivity index (χ1) is 17.9. The largest absolute Gasteiger partial charge is 0.366 e. The highest BCUT2D eigenvalue weighted by molar-refractivity contribution is 5.85. The Balaban J connectivity index is 1.25. The highest BCUT2D eigenvalue weighted by atomic mass is 19.1. The predicted molar refractivity (Wildman–Crippen MR) is 130 cm³/mol. The smallest absolute Gasteiger partial charge is 0.312 e. The van der Waals surface area contributed by atoms with Crippen LogP contribution in [0, 0.1) is 5.82 Å². The Morgan fingerprint density at radius 1 is 1.05 bits per heavy atom. The molecule has 5 N–H and O–H groups in total. The second-order valence-corrected chi connectivity index (χ2v) is 8.27. The van der Waals surface area contributed by atoms with Crippen LogP contribution in [-0.2, 0) is 16.1 Å². The Bertz CT molecular complexity index is 1220. The van der Waals surface area contributed by atoms with E-state index in [2.05, 4.69) is 26.3 Å². The van der Waals surface area contributed by atoms with Gasteiger partial charge in [0.25, 0.3) is 0 Å². The average Bonchev–Trinajstić information content (AvgIpc) is 3.58. The first kappa shape index (κ1) is 25.5. The molecule has 0 bridgehead atoms. The Morgan fingerprint density at radius 3 is 2.57 bits per heavy atom. The number of rotatable bonds is 10. The van der Waals surface area contributed by atoms with E-state index >= 15 is 0 Å². The molecule has 3 heterocycles. The minimum absolute atomic E-state index is 0.0224. The minimum Gasteiger partial charge on any atom is -0.366 e. The Kier molecular flexibility index (Phi) is 8.18. The fraction of sp³-hybridized carbons (Fsp3) is 0.348. The van der Waals surface area contributed by atoms with Gasteiger partial charge in [0, 0.05) is 56.8 Å². The first-order valence-electron chi connectivity index (χ1n) is 11.6. The zero-order valence-corrected chi connectivity index (χ0v) is 19.9. The van der Waals surface area contributed by atoms with Crippen LogP contribution < -0.4 is 26.6 Å². The van der Waals surface area contributed by atoms with Crippen LogP contribution in [0.4, 0.5) is 20.7 Å². The standard InChI is InChI=1S/C23H27FN8O5/c24-17-11-15(18-12-16(37-29-18)13-27-20-4-10-36-30-20)1-2-19(17)31-6-8-32(9-7-31)22(34)14-28-21(33)3-5-26-23(25)35/h1-2,4,10-12H,3,5-9,13-14H2,(H,27,30)(H,28,33)(H3,25,26,35). The number of primary amides is 1. The summed E-state index contributed by atoms with van der Waals surface area (Å²) in [6, 6.07) is 7.54. The maximum atomic E-state index is 15.0. The summed E-state index contributed by atoms with van der Waals surface area (Å²) in [6.45, 7) is 1.97. The molecule has 2 aromatic heterocycles. The number of amides is 4. The van der Waals surface area contributed by atoms with Gasteiger partial charge in [0.05, 0.1) is 18.8 Å². The van der Waals surface area contributed by atoms with E-state index in [9.17, 15) is 18.8 Å². The summed E-state index contributed by atoms with van der Waals surface area (Å²) in [5.41, 5.74) is 6.45. The molecule has 1 saturated heterocycles. The SMILES string of the molecule is NC(=O)NCCC(=O)NCC(=O)N1CCN(c2ccc(-c3cc(CNc4ccon4)on3)cc2F)CC1. The van der Waals surface area contributed by atoms with Gasteiger partial charge < -0.3 is 40.5 Å². The highest BCUT2D eigenvalue weighted by Gasteiger charge is 2.23. The van der Waals surface area contributed by atoms with E-state index in [0.717, 1.165) is 0 Å². The molecule has 0 radical (unpaired) electrons. The van der Waals surface area contributed by atoms with Gasteiger partial charge in [0.15, 0.2) is 11.6 Å². The number of aromatic nitrogens is 2. The lowest BCUT2D eigenvalue weighted by atomic mass is 10.1. The molecule has 14 heteroatoms. The van der Waals surface area contributed by atoms with Gasteiger partial charge in [-0.25, -0.2) is 9.18 Å². The van der Waals surface area contributed by atoms with Crippen LogP contribution in [0.2, 0.25) is 0 Å². The molecular formula is C23H27FN8O5. The van der Waals surface area contributed by atoms with Crippen LogP contribution in [-0.4, -0.2) is 72.3 Å². The summed E-state index contributed by atoms with van der Waals surface area (Å²) in [5.74, 6) is 0.121. The molecule has 0 spiro atoms. The van der Waals surface area contributed by atoms with Gasteiger partial charge in [-0.15, -0.1) is 0 Å². The third-order valence-corrected chi connectivity index (χ3v) is 5.75. The van der Waals surface area contributed by atoms with Gasteiger partial charge in [-0.05, 0) is 12.1 Å². The maximum absolute atomic E-state index is 15.0. The molecule has 4 rings (SSSR count). The molecule has 0 saturated carbocycles. The monoisotopic (exact) mass is 514 g/mol. The van der Waals surface area contributed by atoms with Crippen molar-refractivity contribution in [2.75, 3.05) is 49.5 Å². The fourth-order valence-corrected chi connectivity index (χ4v) is 3.81.